The lowest BCUT2D eigenvalue weighted by Gasteiger charge is -2.22. The molecule has 1 N–H and O–H groups in total. The number of piperidine rings is 1. The average Bonchev–Trinajstić information content (AvgIpc) is 3.37. The van der Waals surface area contributed by atoms with Gasteiger partial charge in [0.2, 0.25) is 0 Å². The molecule has 2 fully saturated rings. The molecule has 1 unspecified atom stereocenters. The lowest BCUT2D eigenvalue weighted by molar-refractivity contribution is 0.343. The van der Waals surface area contributed by atoms with E-state index in [4.69, 9.17) is 16.6 Å². The Bertz CT molecular complexity index is 1000. The van der Waals surface area contributed by atoms with Crippen molar-refractivity contribution in [2.24, 2.45) is 0 Å². The molecular formula is C20H22ClFN6. The quantitative estimate of drug-likeness (QED) is 0.727. The van der Waals surface area contributed by atoms with Crippen molar-refractivity contribution in [2.45, 2.75) is 31.5 Å². The molecule has 0 aromatic carbocycles. The minimum atomic E-state index is -0.794. The smallest absolute Gasteiger partial charge is 0.129 e. The molecule has 6 nitrogen and oxygen atoms in total. The van der Waals surface area contributed by atoms with Gasteiger partial charge in [-0.25, -0.2) is 9.37 Å². The zero-order valence-corrected chi connectivity index (χ0v) is 16.2. The Balaban J connectivity index is 1.56. The minimum Gasteiger partial charge on any atom is -0.354 e. The number of aromatic nitrogens is 4. The summed E-state index contributed by atoms with van der Waals surface area (Å²) < 4.78 is 15.7. The number of anilines is 1. The Morgan fingerprint density at radius 2 is 2.00 bits per heavy atom. The summed E-state index contributed by atoms with van der Waals surface area (Å²) in [7, 11) is 0. The summed E-state index contributed by atoms with van der Waals surface area (Å²) in [4.78, 5) is 11.2. The van der Waals surface area contributed by atoms with Crippen LogP contribution in [0.4, 0.5) is 10.2 Å². The predicted octanol–water partition coefficient (Wildman–Crippen LogP) is 3.62. The number of nitrogens with zero attached hydrogens (tertiary/aromatic N) is 5. The van der Waals surface area contributed by atoms with Crippen molar-refractivity contribution in [1.82, 2.24) is 25.1 Å². The van der Waals surface area contributed by atoms with Crippen LogP contribution in [0.2, 0.25) is 5.02 Å². The molecular weight excluding hydrogens is 379 g/mol. The average molecular weight is 401 g/mol. The van der Waals surface area contributed by atoms with E-state index in [0.29, 0.717) is 30.6 Å². The van der Waals surface area contributed by atoms with E-state index in [9.17, 15) is 4.39 Å². The zero-order valence-electron chi connectivity index (χ0n) is 15.5. The van der Waals surface area contributed by atoms with Gasteiger partial charge in [0, 0.05) is 30.1 Å². The number of alkyl halides is 1. The Morgan fingerprint density at radius 3 is 2.79 bits per heavy atom. The Hall–Kier alpha value is -2.25. The molecule has 3 aromatic rings. The molecule has 0 radical (unpaired) electrons. The van der Waals surface area contributed by atoms with E-state index in [0.717, 1.165) is 53.9 Å². The third-order valence-electron chi connectivity index (χ3n) is 5.68. The van der Waals surface area contributed by atoms with Crippen molar-refractivity contribution in [3.8, 4) is 11.1 Å². The van der Waals surface area contributed by atoms with Crippen LogP contribution in [-0.4, -0.2) is 52.1 Å². The molecule has 146 valence electrons. The maximum atomic E-state index is 13.6. The second-order valence-corrected chi connectivity index (χ2v) is 7.95. The van der Waals surface area contributed by atoms with Gasteiger partial charge in [0.05, 0.1) is 29.3 Å². The number of hydrogen-bond acceptors (Lipinski definition) is 5. The van der Waals surface area contributed by atoms with E-state index < -0.39 is 6.17 Å². The van der Waals surface area contributed by atoms with Crippen molar-refractivity contribution in [1.29, 1.82) is 0 Å². The fourth-order valence-corrected chi connectivity index (χ4v) is 4.40. The van der Waals surface area contributed by atoms with Crippen LogP contribution in [-0.2, 0) is 0 Å². The minimum absolute atomic E-state index is 0.384. The molecule has 0 spiro atoms. The van der Waals surface area contributed by atoms with Gasteiger partial charge in [-0.15, -0.1) is 0 Å². The third-order valence-corrected chi connectivity index (χ3v) is 5.97. The Morgan fingerprint density at radius 1 is 1.14 bits per heavy atom. The van der Waals surface area contributed by atoms with Crippen molar-refractivity contribution in [2.75, 3.05) is 31.1 Å². The highest BCUT2D eigenvalue weighted by Gasteiger charge is 2.24. The van der Waals surface area contributed by atoms with Crippen molar-refractivity contribution < 1.29 is 4.39 Å². The number of rotatable bonds is 3. The molecule has 0 saturated carbocycles. The number of fused-ring (bicyclic) bond motifs is 1. The number of pyridine rings is 2. The van der Waals surface area contributed by atoms with Crippen molar-refractivity contribution >= 4 is 28.5 Å². The van der Waals surface area contributed by atoms with Crippen LogP contribution < -0.4 is 10.2 Å². The van der Waals surface area contributed by atoms with Crippen LogP contribution in [0.25, 0.3) is 22.2 Å². The van der Waals surface area contributed by atoms with Crippen molar-refractivity contribution in [3.05, 3.63) is 35.7 Å². The standard InChI is InChI=1S/C20H22ClFN6/c21-16-10-24-17-1-2-18(27-8-5-14(22)12-27)26-20(17)19(16)13-9-25-28(11-13)15-3-6-23-7-4-15/h1-2,9-11,14-15,23H,3-8,12H2. The first-order valence-corrected chi connectivity index (χ1v) is 10.2. The van der Waals surface area contributed by atoms with Crippen LogP contribution in [0.1, 0.15) is 25.3 Å². The maximum absolute atomic E-state index is 13.6. The molecule has 2 saturated heterocycles. The molecule has 1 atom stereocenters. The Kier molecular flexibility index (Phi) is 4.64. The second-order valence-electron chi connectivity index (χ2n) is 7.54. The highest BCUT2D eigenvalue weighted by Crippen LogP contribution is 2.35. The Labute approximate surface area is 167 Å². The topological polar surface area (TPSA) is 58.9 Å². The molecule has 0 amide bonds. The van der Waals surface area contributed by atoms with Gasteiger partial charge in [-0.05, 0) is 44.5 Å². The van der Waals surface area contributed by atoms with Gasteiger partial charge in [-0.3, -0.25) is 9.67 Å². The van der Waals surface area contributed by atoms with Gasteiger partial charge in [0.1, 0.15) is 17.5 Å². The lowest BCUT2D eigenvalue weighted by atomic mass is 10.1. The lowest BCUT2D eigenvalue weighted by Crippen LogP contribution is -2.29. The van der Waals surface area contributed by atoms with Crippen LogP contribution in [0.15, 0.2) is 30.7 Å². The summed E-state index contributed by atoms with van der Waals surface area (Å²) >= 11 is 6.54. The first-order valence-electron chi connectivity index (χ1n) is 9.78. The highest BCUT2D eigenvalue weighted by atomic mass is 35.5. The van der Waals surface area contributed by atoms with E-state index in [-0.39, 0.29) is 0 Å². The number of hydrogen-bond donors (Lipinski definition) is 1. The fraction of sp³-hybridized carbons (Fsp3) is 0.450. The van der Waals surface area contributed by atoms with Gasteiger partial charge in [-0.2, -0.15) is 5.10 Å². The fourth-order valence-electron chi connectivity index (χ4n) is 4.15. The van der Waals surface area contributed by atoms with E-state index in [1.54, 1.807) is 6.20 Å². The summed E-state index contributed by atoms with van der Waals surface area (Å²) in [6, 6.07) is 4.24. The van der Waals surface area contributed by atoms with Crippen LogP contribution >= 0.6 is 11.6 Å². The van der Waals surface area contributed by atoms with E-state index in [2.05, 4.69) is 21.6 Å². The highest BCUT2D eigenvalue weighted by molar-refractivity contribution is 6.34. The summed E-state index contributed by atoms with van der Waals surface area (Å²) in [6.45, 7) is 3.08. The van der Waals surface area contributed by atoms with Crippen LogP contribution in [0.5, 0.6) is 0 Å². The van der Waals surface area contributed by atoms with Crippen LogP contribution in [0.3, 0.4) is 0 Å². The second kappa shape index (κ2) is 7.29. The SMILES string of the molecule is FC1CCN(c2ccc3ncc(Cl)c(-c4cnn(C5CCNCC5)c4)c3n2)C1. The summed E-state index contributed by atoms with van der Waals surface area (Å²) in [6.07, 6.45) is 7.45. The molecule has 5 rings (SSSR count). The molecule has 2 aliphatic rings. The maximum Gasteiger partial charge on any atom is 0.129 e. The third kappa shape index (κ3) is 3.22. The molecule has 8 heteroatoms. The van der Waals surface area contributed by atoms with Gasteiger partial charge in [0.15, 0.2) is 0 Å². The molecule has 3 aromatic heterocycles. The summed E-state index contributed by atoms with van der Waals surface area (Å²) in [5.74, 6) is 0.767. The number of halogens is 2. The largest absolute Gasteiger partial charge is 0.354 e. The van der Waals surface area contributed by atoms with E-state index in [1.807, 2.05) is 27.9 Å². The predicted molar refractivity (Wildman–Crippen MR) is 109 cm³/mol. The first kappa shape index (κ1) is 17.8. The molecule has 0 aliphatic carbocycles. The van der Waals surface area contributed by atoms with E-state index >= 15 is 0 Å². The van der Waals surface area contributed by atoms with Gasteiger partial charge < -0.3 is 10.2 Å². The normalized spacial score (nSPS) is 20.9. The molecule has 28 heavy (non-hydrogen) atoms. The molecule has 0 bridgehead atoms. The monoisotopic (exact) mass is 400 g/mol. The van der Waals surface area contributed by atoms with E-state index in [1.165, 1.54) is 0 Å². The first-order chi connectivity index (χ1) is 13.7. The van der Waals surface area contributed by atoms with Crippen LogP contribution in [0, 0.1) is 0 Å². The molecule has 5 heterocycles. The summed E-state index contributed by atoms with van der Waals surface area (Å²) in [5, 5.41) is 8.52. The van der Waals surface area contributed by atoms with Gasteiger partial charge in [0.25, 0.3) is 0 Å². The van der Waals surface area contributed by atoms with Crippen molar-refractivity contribution in [3.63, 3.8) is 0 Å². The van der Waals surface area contributed by atoms with Gasteiger partial charge in [-0.1, -0.05) is 11.6 Å². The zero-order chi connectivity index (χ0) is 19.1. The summed E-state index contributed by atoms with van der Waals surface area (Å²) in [5.41, 5.74) is 3.28. The number of nitrogens with one attached hydrogen (secondary N) is 1. The van der Waals surface area contributed by atoms with Gasteiger partial charge >= 0.3 is 0 Å². The molecule has 2 aliphatic heterocycles.